The van der Waals surface area contributed by atoms with Crippen LogP contribution in [0.1, 0.15) is 17.3 Å². The van der Waals surface area contributed by atoms with Crippen molar-refractivity contribution < 1.29 is 9.90 Å². The number of aliphatic hydroxyl groups excluding tert-OH is 1. The molecule has 0 bridgehead atoms. The van der Waals surface area contributed by atoms with Crippen LogP contribution in [0.25, 0.3) is 0 Å². The zero-order valence-electron chi connectivity index (χ0n) is 11.4. The molecule has 0 aliphatic carbocycles. The first-order valence-corrected chi connectivity index (χ1v) is 7.34. The van der Waals surface area contributed by atoms with E-state index in [4.69, 9.17) is 5.73 Å². The molecule has 0 fully saturated rings. The number of thioether (sulfide) groups is 1. The normalized spacial score (nSPS) is 13.7. The van der Waals surface area contributed by atoms with Crippen molar-refractivity contribution in [2.75, 3.05) is 31.0 Å². The van der Waals surface area contributed by atoms with Crippen molar-refractivity contribution >= 4 is 29.0 Å². The SMILES string of the molecule is CNC(=O)c1ccc(N)c(NC(C)C(CO)SC)c1. The Balaban J connectivity index is 2.90. The maximum absolute atomic E-state index is 11.6. The summed E-state index contributed by atoms with van der Waals surface area (Å²) in [6.45, 7) is 2.06. The molecule has 1 amide bonds. The summed E-state index contributed by atoms with van der Waals surface area (Å²) < 4.78 is 0. The number of benzene rings is 1. The molecule has 1 rings (SSSR count). The molecule has 0 aromatic heterocycles. The Morgan fingerprint density at radius 3 is 2.74 bits per heavy atom. The number of nitrogen functional groups attached to an aromatic ring is 1. The van der Waals surface area contributed by atoms with Gasteiger partial charge in [0.1, 0.15) is 0 Å². The number of hydrogen-bond donors (Lipinski definition) is 4. The van der Waals surface area contributed by atoms with E-state index in [1.807, 2.05) is 13.2 Å². The van der Waals surface area contributed by atoms with E-state index in [2.05, 4.69) is 10.6 Å². The maximum atomic E-state index is 11.6. The molecular weight excluding hydrogens is 262 g/mol. The number of hydrogen-bond acceptors (Lipinski definition) is 5. The molecule has 0 aliphatic rings. The standard InChI is InChI=1S/C13H21N3O2S/c1-8(12(7-17)19-3)16-11-6-9(13(18)15-2)4-5-10(11)14/h4-6,8,12,16-17H,7,14H2,1-3H3,(H,15,18). The summed E-state index contributed by atoms with van der Waals surface area (Å²) in [6, 6.07) is 5.15. The molecule has 0 saturated heterocycles. The second-order valence-corrected chi connectivity index (χ2v) is 5.35. The van der Waals surface area contributed by atoms with Crippen molar-refractivity contribution in [1.82, 2.24) is 5.32 Å². The second-order valence-electron chi connectivity index (χ2n) is 4.27. The van der Waals surface area contributed by atoms with Gasteiger partial charge >= 0.3 is 0 Å². The Morgan fingerprint density at radius 1 is 1.53 bits per heavy atom. The molecule has 0 saturated carbocycles. The van der Waals surface area contributed by atoms with Gasteiger partial charge in [0.25, 0.3) is 5.91 Å². The average Bonchev–Trinajstić information content (AvgIpc) is 2.41. The third-order valence-corrected chi connectivity index (χ3v) is 4.13. The van der Waals surface area contributed by atoms with Crippen molar-refractivity contribution in [1.29, 1.82) is 0 Å². The van der Waals surface area contributed by atoms with Gasteiger partial charge in [-0.25, -0.2) is 0 Å². The number of anilines is 2. The van der Waals surface area contributed by atoms with Gasteiger partial charge in [-0.15, -0.1) is 0 Å². The first-order valence-electron chi connectivity index (χ1n) is 6.05. The lowest BCUT2D eigenvalue weighted by Crippen LogP contribution is -2.31. The fourth-order valence-corrected chi connectivity index (χ4v) is 2.37. The minimum absolute atomic E-state index is 0.0437. The molecule has 1 aromatic carbocycles. The van der Waals surface area contributed by atoms with E-state index in [9.17, 15) is 9.90 Å². The minimum Gasteiger partial charge on any atom is -0.397 e. The molecule has 5 N–H and O–H groups in total. The summed E-state index contributed by atoms with van der Waals surface area (Å²) in [7, 11) is 1.59. The molecular formula is C13H21N3O2S. The van der Waals surface area contributed by atoms with Crippen LogP contribution in [0.4, 0.5) is 11.4 Å². The van der Waals surface area contributed by atoms with E-state index in [0.29, 0.717) is 16.9 Å². The fraction of sp³-hybridized carbons (Fsp3) is 0.462. The predicted molar refractivity (Wildman–Crippen MR) is 81.7 cm³/mol. The first-order chi connectivity index (χ1) is 9.03. The molecule has 19 heavy (non-hydrogen) atoms. The molecule has 0 radical (unpaired) electrons. The molecule has 106 valence electrons. The van der Waals surface area contributed by atoms with Crippen LogP contribution >= 0.6 is 11.8 Å². The summed E-state index contributed by atoms with van der Waals surface area (Å²) in [5.41, 5.74) is 7.74. The Kier molecular flexibility index (Phi) is 5.98. The van der Waals surface area contributed by atoms with Gasteiger partial charge in [-0.2, -0.15) is 11.8 Å². The number of nitrogens with one attached hydrogen (secondary N) is 2. The molecule has 1 aromatic rings. The Hall–Kier alpha value is -1.40. The van der Waals surface area contributed by atoms with Gasteiger partial charge in [-0.1, -0.05) is 0 Å². The van der Waals surface area contributed by atoms with Crippen LogP contribution in [0.2, 0.25) is 0 Å². The van der Waals surface area contributed by atoms with Gasteiger partial charge in [-0.3, -0.25) is 4.79 Å². The number of amides is 1. The molecule has 0 spiro atoms. The highest BCUT2D eigenvalue weighted by Crippen LogP contribution is 2.23. The smallest absolute Gasteiger partial charge is 0.251 e. The van der Waals surface area contributed by atoms with E-state index >= 15 is 0 Å². The van der Waals surface area contributed by atoms with Crippen LogP contribution in [0.3, 0.4) is 0 Å². The monoisotopic (exact) mass is 283 g/mol. The van der Waals surface area contributed by atoms with E-state index in [-0.39, 0.29) is 23.8 Å². The highest BCUT2D eigenvalue weighted by molar-refractivity contribution is 7.99. The van der Waals surface area contributed by atoms with Crippen molar-refractivity contribution in [3.8, 4) is 0 Å². The number of nitrogens with two attached hydrogens (primary N) is 1. The first kappa shape index (κ1) is 15.7. The predicted octanol–water partition coefficient (Wildman–Crippen LogP) is 1.15. The van der Waals surface area contributed by atoms with E-state index in [1.165, 1.54) is 0 Å². The molecule has 2 atom stereocenters. The lowest BCUT2D eigenvalue weighted by Gasteiger charge is -2.23. The topological polar surface area (TPSA) is 87.4 Å². The maximum Gasteiger partial charge on any atom is 0.251 e. The molecule has 6 heteroatoms. The quantitative estimate of drug-likeness (QED) is 0.588. The van der Waals surface area contributed by atoms with Crippen LogP contribution in [0, 0.1) is 0 Å². The fourth-order valence-electron chi connectivity index (χ4n) is 1.74. The number of aliphatic hydroxyl groups is 1. The van der Waals surface area contributed by atoms with E-state index < -0.39 is 0 Å². The van der Waals surface area contributed by atoms with Crippen molar-refractivity contribution in [3.05, 3.63) is 23.8 Å². The highest BCUT2D eigenvalue weighted by atomic mass is 32.2. The molecule has 5 nitrogen and oxygen atoms in total. The van der Waals surface area contributed by atoms with Crippen LogP contribution in [-0.4, -0.2) is 42.2 Å². The summed E-state index contributed by atoms with van der Waals surface area (Å²) in [5.74, 6) is -0.153. The highest BCUT2D eigenvalue weighted by Gasteiger charge is 2.16. The van der Waals surface area contributed by atoms with Crippen LogP contribution in [0.5, 0.6) is 0 Å². The van der Waals surface area contributed by atoms with Crippen molar-refractivity contribution in [3.63, 3.8) is 0 Å². The van der Waals surface area contributed by atoms with Gasteiger partial charge in [0.05, 0.1) is 18.0 Å². The average molecular weight is 283 g/mol. The van der Waals surface area contributed by atoms with Gasteiger partial charge in [0, 0.05) is 23.9 Å². The number of carbonyl (C=O) groups is 1. The molecule has 0 heterocycles. The lowest BCUT2D eigenvalue weighted by molar-refractivity contribution is 0.0963. The summed E-state index contributed by atoms with van der Waals surface area (Å²) >= 11 is 1.59. The Labute approximate surface area is 118 Å². The zero-order chi connectivity index (χ0) is 14.4. The Morgan fingerprint density at radius 2 is 2.21 bits per heavy atom. The second kappa shape index (κ2) is 7.25. The van der Waals surface area contributed by atoms with Gasteiger partial charge in [0.15, 0.2) is 0 Å². The number of rotatable bonds is 6. The third kappa shape index (κ3) is 4.04. The van der Waals surface area contributed by atoms with Crippen molar-refractivity contribution in [2.45, 2.75) is 18.2 Å². The van der Waals surface area contributed by atoms with Crippen molar-refractivity contribution in [2.24, 2.45) is 0 Å². The summed E-state index contributed by atoms with van der Waals surface area (Å²) in [6.07, 6.45) is 1.95. The van der Waals surface area contributed by atoms with E-state index in [1.54, 1.807) is 37.0 Å². The van der Waals surface area contributed by atoms with Crippen LogP contribution < -0.4 is 16.4 Å². The third-order valence-electron chi connectivity index (χ3n) is 2.97. The van der Waals surface area contributed by atoms with Crippen LogP contribution in [-0.2, 0) is 0 Å². The van der Waals surface area contributed by atoms with Gasteiger partial charge in [0.2, 0.25) is 0 Å². The largest absolute Gasteiger partial charge is 0.397 e. The van der Waals surface area contributed by atoms with Gasteiger partial charge < -0.3 is 21.5 Å². The molecule has 0 aliphatic heterocycles. The van der Waals surface area contributed by atoms with E-state index in [0.717, 1.165) is 0 Å². The van der Waals surface area contributed by atoms with Gasteiger partial charge in [-0.05, 0) is 31.4 Å². The lowest BCUT2D eigenvalue weighted by atomic mass is 10.1. The Bertz CT molecular complexity index is 436. The summed E-state index contributed by atoms with van der Waals surface area (Å²) in [4.78, 5) is 11.6. The molecule has 2 unspecified atom stereocenters. The zero-order valence-corrected chi connectivity index (χ0v) is 12.3. The minimum atomic E-state index is -0.153. The summed E-state index contributed by atoms with van der Waals surface area (Å²) in [5, 5.41) is 15.2. The number of carbonyl (C=O) groups excluding carboxylic acids is 1. The van der Waals surface area contributed by atoms with Crippen LogP contribution in [0.15, 0.2) is 18.2 Å².